The minimum atomic E-state index is -0.859. The summed E-state index contributed by atoms with van der Waals surface area (Å²) in [6, 6.07) is -0.645. The Balaban J connectivity index is 3.56. The van der Waals surface area contributed by atoms with Gasteiger partial charge in [-0.15, -0.1) is 0 Å². The minimum absolute atomic E-state index is 0.0222. The monoisotopic (exact) mass is 900 g/mol. The lowest BCUT2D eigenvalue weighted by Gasteiger charge is -2.20. The first kappa shape index (κ1) is 62.1. The van der Waals surface area contributed by atoms with Crippen LogP contribution in [-0.4, -0.2) is 47.4 Å². The molecule has 0 heterocycles. The van der Waals surface area contributed by atoms with Crippen molar-refractivity contribution in [3.05, 3.63) is 36.5 Å². The van der Waals surface area contributed by atoms with E-state index in [0.717, 1.165) is 77.0 Å². The first-order valence-corrected chi connectivity index (χ1v) is 28.3. The van der Waals surface area contributed by atoms with Gasteiger partial charge in [0.05, 0.1) is 25.4 Å². The molecule has 0 rings (SSSR count). The average Bonchev–Trinajstić information content (AvgIpc) is 3.29. The standard InChI is InChI=1S/C58H109NO5/c1-3-5-7-9-11-13-15-17-18-19-20-21-22-24-27-30-34-38-42-46-50-56(61)55(54-60)59-57(62)51-47-43-39-35-31-28-25-23-26-29-33-37-41-45-49-53-64-58(63)52-48-44-40-36-32-16-14-12-10-8-6-4-2/h23,26,29,33,46,50,55-56,60-61H,3-22,24-25,27-28,30-32,34-45,47-49,51-54H2,1-2H3,(H,59,62)/b26-23-,33-29-,50-46+. The van der Waals surface area contributed by atoms with Crippen LogP contribution in [0.2, 0.25) is 0 Å². The van der Waals surface area contributed by atoms with Crippen molar-refractivity contribution in [2.75, 3.05) is 13.2 Å². The lowest BCUT2D eigenvalue weighted by atomic mass is 10.0. The van der Waals surface area contributed by atoms with Gasteiger partial charge in [-0.1, -0.05) is 256 Å². The third kappa shape index (κ3) is 49.5. The Bertz CT molecular complexity index is 1040. The van der Waals surface area contributed by atoms with E-state index in [2.05, 4.69) is 43.5 Å². The van der Waals surface area contributed by atoms with Crippen LogP contribution in [0.1, 0.15) is 296 Å². The normalized spacial score (nSPS) is 12.9. The smallest absolute Gasteiger partial charge is 0.305 e. The van der Waals surface area contributed by atoms with Gasteiger partial charge in [-0.2, -0.15) is 0 Å². The fraction of sp³-hybridized carbons (Fsp3) is 0.862. The number of allylic oxidation sites excluding steroid dienone is 5. The van der Waals surface area contributed by atoms with Crippen molar-refractivity contribution >= 4 is 11.9 Å². The molecule has 0 radical (unpaired) electrons. The number of nitrogens with one attached hydrogen (secondary N) is 1. The number of aliphatic hydroxyl groups excluding tert-OH is 2. The number of esters is 1. The van der Waals surface area contributed by atoms with Crippen LogP contribution in [0.15, 0.2) is 36.5 Å². The lowest BCUT2D eigenvalue weighted by Crippen LogP contribution is -2.45. The predicted molar refractivity (Wildman–Crippen MR) is 278 cm³/mol. The molecule has 0 aliphatic heterocycles. The zero-order valence-corrected chi connectivity index (χ0v) is 42.8. The predicted octanol–water partition coefficient (Wildman–Crippen LogP) is 17.2. The van der Waals surface area contributed by atoms with E-state index in [1.807, 2.05) is 6.08 Å². The van der Waals surface area contributed by atoms with Crippen LogP contribution in [-0.2, 0) is 14.3 Å². The largest absolute Gasteiger partial charge is 0.466 e. The molecular formula is C58H109NO5. The van der Waals surface area contributed by atoms with Gasteiger partial charge in [-0.3, -0.25) is 9.59 Å². The highest BCUT2D eigenvalue weighted by molar-refractivity contribution is 5.76. The van der Waals surface area contributed by atoms with Crippen molar-refractivity contribution in [2.45, 2.75) is 309 Å². The topological polar surface area (TPSA) is 95.9 Å². The number of unbranched alkanes of at least 4 members (excludes halogenated alkanes) is 38. The summed E-state index contributed by atoms with van der Waals surface area (Å²) in [6.07, 6.45) is 65.9. The molecule has 376 valence electrons. The Morgan fingerprint density at radius 1 is 0.438 bits per heavy atom. The number of aliphatic hydroxyl groups is 2. The number of carbonyl (C=O) groups excluding carboxylic acids is 2. The SMILES string of the molecule is CCCCCCCCCCCCCCCCCCCC/C=C/C(O)C(CO)NC(=O)CCCCCCCC/C=C\C=C/CCCCCOC(=O)CCCCCCCCCCCCCC. The van der Waals surface area contributed by atoms with Crippen molar-refractivity contribution in [3.8, 4) is 0 Å². The second kappa shape index (κ2) is 53.7. The van der Waals surface area contributed by atoms with E-state index in [1.165, 1.54) is 193 Å². The molecule has 0 aliphatic carbocycles. The summed E-state index contributed by atoms with van der Waals surface area (Å²) in [4.78, 5) is 24.5. The summed E-state index contributed by atoms with van der Waals surface area (Å²) < 4.78 is 5.43. The van der Waals surface area contributed by atoms with Gasteiger partial charge < -0.3 is 20.3 Å². The summed E-state index contributed by atoms with van der Waals surface area (Å²) in [5.74, 6) is -0.111. The zero-order valence-electron chi connectivity index (χ0n) is 42.8. The van der Waals surface area contributed by atoms with E-state index in [1.54, 1.807) is 6.08 Å². The van der Waals surface area contributed by atoms with E-state index in [4.69, 9.17) is 4.74 Å². The first-order valence-electron chi connectivity index (χ1n) is 28.3. The van der Waals surface area contributed by atoms with E-state index >= 15 is 0 Å². The second-order valence-corrected chi connectivity index (χ2v) is 19.3. The van der Waals surface area contributed by atoms with Crippen molar-refractivity contribution in [3.63, 3.8) is 0 Å². The summed E-state index contributed by atoms with van der Waals surface area (Å²) in [5, 5.41) is 23.1. The maximum absolute atomic E-state index is 12.5. The molecule has 0 aliphatic rings. The summed E-state index contributed by atoms with van der Waals surface area (Å²) in [5.41, 5.74) is 0. The molecule has 6 nitrogen and oxygen atoms in total. The number of rotatable bonds is 52. The van der Waals surface area contributed by atoms with Gasteiger partial charge in [0.25, 0.3) is 0 Å². The number of hydrogen-bond donors (Lipinski definition) is 3. The van der Waals surface area contributed by atoms with Crippen LogP contribution in [0.25, 0.3) is 0 Å². The average molecular weight is 901 g/mol. The van der Waals surface area contributed by atoms with Gasteiger partial charge in [0.2, 0.25) is 5.91 Å². The van der Waals surface area contributed by atoms with Crippen molar-refractivity contribution < 1.29 is 24.5 Å². The molecule has 0 fully saturated rings. The highest BCUT2D eigenvalue weighted by Crippen LogP contribution is 2.16. The minimum Gasteiger partial charge on any atom is -0.466 e. The van der Waals surface area contributed by atoms with Crippen LogP contribution in [0, 0.1) is 0 Å². The summed E-state index contributed by atoms with van der Waals surface area (Å²) in [6.45, 7) is 4.85. The van der Waals surface area contributed by atoms with E-state index in [-0.39, 0.29) is 18.5 Å². The third-order valence-electron chi connectivity index (χ3n) is 12.9. The fourth-order valence-electron chi connectivity index (χ4n) is 8.57. The Morgan fingerprint density at radius 2 is 0.766 bits per heavy atom. The van der Waals surface area contributed by atoms with E-state index < -0.39 is 12.1 Å². The molecule has 2 atom stereocenters. The molecular weight excluding hydrogens is 791 g/mol. The van der Waals surface area contributed by atoms with Gasteiger partial charge in [-0.25, -0.2) is 0 Å². The van der Waals surface area contributed by atoms with Crippen molar-refractivity contribution in [2.24, 2.45) is 0 Å². The first-order chi connectivity index (χ1) is 31.5. The van der Waals surface area contributed by atoms with Crippen LogP contribution in [0.5, 0.6) is 0 Å². The molecule has 1 amide bonds. The number of ether oxygens (including phenoxy) is 1. The maximum atomic E-state index is 12.5. The second-order valence-electron chi connectivity index (χ2n) is 19.3. The number of carbonyl (C=O) groups is 2. The quantitative estimate of drug-likeness (QED) is 0.0245. The van der Waals surface area contributed by atoms with Gasteiger partial charge in [0.1, 0.15) is 0 Å². The lowest BCUT2D eigenvalue weighted by molar-refractivity contribution is -0.143. The molecule has 64 heavy (non-hydrogen) atoms. The molecule has 0 spiro atoms. The van der Waals surface area contributed by atoms with Crippen LogP contribution in [0.4, 0.5) is 0 Å². The van der Waals surface area contributed by atoms with Crippen LogP contribution >= 0.6 is 0 Å². The molecule has 0 saturated carbocycles. The molecule has 0 aromatic heterocycles. The van der Waals surface area contributed by atoms with Crippen molar-refractivity contribution in [1.82, 2.24) is 5.32 Å². The molecule has 2 unspecified atom stereocenters. The van der Waals surface area contributed by atoms with Gasteiger partial charge >= 0.3 is 5.97 Å². The third-order valence-corrected chi connectivity index (χ3v) is 12.9. The van der Waals surface area contributed by atoms with E-state index in [0.29, 0.717) is 19.4 Å². The number of hydrogen-bond acceptors (Lipinski definition) is 5. The summed E-state index contributed by atoms with van der Waals surface area (Å²) in [7, 11) is 0. The number of amides is 1. The zero-order chi connectivity index (χ0) is 46.5. The van der Waals surface area contributed by atoms with Gasteiger partial charge in [0.15, 0.2) is 0 Å². The highest BCUT2D eigenvalue weighted by atomic mass is 16.5. The molecule has 0 aromatic rings. The Morgan fingerprint density at radius 3 is 1.16 bits per heavy atom. The molecule has 0 bridgehead atoms. The molecule has 3 N–H and O–H groups in total. The Hall–Kier alpha value is -1.92. The highest BCUT2D eigenvalue weighted by Gasteiger charge is 2.18. The van der Waals surface area contributed by atoms with Gasteiger partial charge in [-0.05, 0) is 64.2 Å². The van der Waals surface area contributed by atoms with Crippen molar-refractivity contribution in [1.29, 1.82) is 0 Å². The Kier molecular flexibility index (Phi) is 52.1. The summed E-state index contributed by atoms with van der Waals surface area (Å²) >= 11 is 0. The van der Waals surface area contributed by atoms with Crippen LogP contribution < -0.4 is 5.32 Å². The van der Waals surface area contributed by atoms with Gasteiger partial charge in [0, 0.05) is 12.8 Å². The fourth-order valence-corrected chi connectivity index (χ4v) is 8.57. The Labute approximate surface area is 398 Å². The molecule has 0 saturated heterocycles. The molecule has 6 heteroatoms. The van der Waals surface area contributed by atoms with E-state index in [9.17, 15) is 19.8 Å². The van der Waals surface area contributed by atoms with Crippen LogP contribution in [0.3, 0.4) is 0 Å². The molecule has 0 aromatic carbocycles. The maximum Gasteiger partial charge on any atom is 0.305 e.